The lowest BCUT2D eigenvalue weighted by atomic mass is 9.97. The van der Waals surface area contributed by atoms with Crippen LogP contribution in [0.15, 0.2) is 24.3 Å². The molecule has 32 heavy (non-hydrogen) atoms. The van der Waals surface area contributed by atoms with Crippen molar-refractivity contribution in [3.63, 3.8) is 0 Å². The highest BCUT2D eigenvalue weighted by molar-refractivity contribution is 5.95. The van der Waals surface area contributed by atoms with E-state index in [1.54, 1.807) is 12.1 Å². The van der Waals surface area contributed by atoms with Crippen LogP contribution in [-0.4, -0.2) is 45.0 Å². The van der Waals surface area contributed by atoms with Gasteiger partial charge in [0.15, 0.2) is 5.69 Å². The van der Waals surface area contributed by atoms with Gasteiger partial charge >= 0.3 is 0 Å². The molecule has 1 aromatic carbocycles. The van der Waals surface area contributed by atoms with Crippen molar-refractivity contribution in [3.8, 4) is 0 Å². The predicted octanol–water partition coefficient (Wildman–Crippen LogP) is 3.70. The molecule has 7 heteroatoms. The van der Waals surface area contributed by atoms with Crippen molar-refractivity contribution < 1.29 is 14.0 Å². The number of nitrogens with zero attached hydrogens (tertiary/aromatic N) is 2. The van der Waals surface area contributed by atoms with Crippen LogP contribution in [0.1, 0.15) is 78.7 Å². The molecule has 0 radical (unpaired) electrons. The highest BCUT2D eigenvalue weighted by Crippen LogP contribution is 2.34. The summed E-state index contributed by atoms with van der Waals surface area (Å²) in [5, 5.41) is 10.8. The smallest absolute Gasteiger partial charge is 0.275 e. The average Bonchev–Trinajstić information content (AvgIpc) is 3.21. The molecule has 2 fully saturated rings. The summed E-state index contributed by atoms with van der Waals surface area (Å²) < 4.78 is 13.8. The minimum Gasteiger partial charge on any atom is -0.351 e. The van der Waals surface area contributed by atoms with Gasteiger partial charge in [0.25, 0.3) is 5.91 Å². The Labute approximate surface area is 188 Å². The summed E-state index contributed by atoms with van der Waals surface area (Å²) in [6, 6.07) is 6.38. The van der Waals surface area contributed by atoms with Crippen LogP contribution in [0.3, 0.4) is 0 Å². The highest BCUT2D eigenvalue weighted by atomic mass is 19.1. The van der Waals surface area contributed by atoms with E-state index < -0.39 is 0 Å². The van der Waals surface area contributed by atoms with Crippen LogP contribution >= 0.6 is 0 Å². The molecular formula is C25H31FN4O2. The number of carbonyl (C=O) groups excluding carboxylic acids is 2. The molecule has 3 heterocycles. The van der Waals surface area contributed by atoms with E-state index in [1.807, 2.05) is 11.0 Å². The highest BCUT2D eigenvalue weighted by Gasteiger charge is 2.45. The quantitative estimate of drug-likeness (QED) is 0.718. The third kappa shape index (κ3) is 4.17. The third-order valence-electron chi connectivity index (χ3n) is 7.35. The number of aromatic nitrogens is 2. The Balaban J connectivity index is 1.48. The largest absolute Gasteiger partial charge is 0.351 e. The maximum Gasteiger partial charge on any atom is 0.275 e. The van der Waals surface area contributed by atoms with Crippen LogP contribution in [0.2, 0.25) is 0 Å². The topological polar surface area (TPSA) is 78.1 Å². The SMILES string of the molecule is O=C1CCCC[C@@H]2[C@H](C[C@@H](Cc3cccc(F)c3)N2C(=O)c2n[nH]c3c2CCCCC3)N1. The van der Waals surface area contributed by atoms with Crippen molar-refractivity contribution in [2.24, 2.45) is 0 Å². The number of aromatic amines is 1. The van der Waals surface area contributed by atoms with Gasteiger partial charge < -0.3 is 10.2 Å². The van der Waals surface area contributed by atoms with Gasteiger partial charge in [0.1, 0.15) is 5.82 Å². The van der Waals surface area contributed by atoms with E-state index in [2.05, 4.69) is 15.5 Å². The number of H-pyrrole nitrogens is 1. The number of benzene rings is 1. The van der Waals surface area contributed by atoms with Crippen LogP contribution in [0.25, 0.3) is 0 Å². The van der Waals surface area contributed by atoms with Crippen LogP contribution < -0.4 is 5.32 Å². The van der Waals surface area contributed by atoms with E-state index in [0.717, 1.165) is 61.8 Å². The van der Waals surface area contributed by atoms with Gasteiger partial charge in [-0.25, -0.2) is 4.39 Å². The van der Waals surface area contributed by atoms with Crippen molar-refractivity contribution >= 4 is 11.8 Å². The Bertz CT molecular complexity index is 1000. The molecular weight excluding hydrogens is 407 g/mol. The van der Waals surface area contributed by atoms with E-state index in [1.165, 1.54) is 12.5 Å². The van der Waals surface area contributed by atoms with Crippen molar-refractivity contribution in [1.29, 1.82) is 0 Å². The molecule has 3 atom stereocenters. The Hall–Kier alpha value is -2.70. The number of rotatable bonds is 3. The number of halogens is 1. The summed E-state index contributed by atoms with van der Waals surface area (Å²) >= 11 is 0. The number of likely N-dealkylation sites (tertiary alicyclic amines) is 1. The standard InChI is InChI=1S/C25H31FN4O2/c26-17-8-6-7-16(13-17)14-18-15-21-22(11-4-5-12-23(31)27-21)30(18)25(32)24-19-9-2-1-3-10-20(19)28-29-24/h6-8,13,18,21-22H,1-5,9-12,14-15H2,(H,27,31)(H,28,29)/t18-,21+,22-/m1/s1. The van der Waals surface area contributed by atoms with Crippen LogP contribution in [0, 0.1) is 5.82 Å². The number of hydrogen-bond donors (Lipinski definition) is 2. The van der Waals surface area contributed by atoms with Gasteiger partial charge in [-0.05, 0) is 69.1 Å². The van der Waals surface area contributed by atoms with Gasteiger partial charge in [-0.1, -0.05) is 25.0 Å². The summed E-state index contributed by atoms with van der Waals surface area (Å²) in [7, 11) is 0. The van der Waals surface area contributed by atoms with E-state index in [9.17, 15) is 14.0 Å². The number of nitrogens with one attached hydrogen (secondary N) is 2. The first-order valence-electron chi connectivity index (χ1n) is 12.0. The lowest BCUT2D eigenvalue weighted by Gasteiger charge is -2.33. The summed E-state index contributed by atoms with van der Waals surface area (Å²) in [6.45, 7) is 0. The predicted molar refractivity (Wildman–Crippen MR) is 119 cm³/mol. The van der Waals surface area contributed by atoms with E-state index >= 15 is 0 Å². The normalized spacial score (nSPS) is 25.8. The van der Waals surface area contributed by atoms with Crippen LogP contribution in [0.5, 0.6) is 0 Å². The van der Waals surface area contributed by atoms with Gasteiger partial charge in [-0.15, -0.1) is 0 Å². The Kier molecular flexibility index (Phi) is 5.98. The first kappa shape index (κ1) is 21.2. The Morgan fingerprint density at radius 3 is 2.84 bits per heavy atom. The lowest BCUT2D eigenvalue weighted by Crippen LogP contribution is -2.49. The zero-order valence-corrected chi connectivity index (χ0v) is 18.4. The van der Waals surface area contributed by atoms with Gasteiger partial charge in [-0.3, -0.25) is 14.7 Å². The fraction of sp³-hybridized carbons (Fsp3) is 0.560. The van der Waals surface area contributed by atoms with E-state index in [0.29, 0.717) is 25.0 Å². The van der Waals surface area contributed by atoms with Crippen molar-refractivity contribution in [1.82, 2.24) is 20.4 Å². The molecule has 0 saturated carbocycles. The van der Waals surface area contributed by atoms with E-state index in [-0.39, 0.29) is 35.8 Å². The monoisotopic (exact) mass is 438 g/mol. The molecule has 2 amide bonds. The molecule has 2 N–H and O–H groups in total. The minimum atomic E-state index is -0.268. The molecule has 1 aliphatic carbocycles. The van der Waals surface area contributed by atoms with Gasteiger partial charge in [0.05, 0.1) is 12.1 Å². The molecule has 0 spiro atoms. The zero-order chi connectivity index (χ0) is 22.1. The van der Waals surface area contributed by atoms with Gasteiger partial charge in [-0.2, -0.15) is 5.10 Å². The number of hydrogen-bond acceptors (Lipinski definition) is 3. The number of amides is 2. The fourth-order valence-electron chi connectivity index (χ4n) is 5.83. The first-order valence-corrected chi connectivity index (χ1v) is 12.0. The third-order valence-corrected chi connectivity index (χ3v) is 7.35. The lowest BCUT2D eigenvalue weighted by molar-refractivity contribution is -0.122. The summed E-state index contributed by atoms with van der Waals surface area (Å²) in [5.41, 5.74) is 3.57. The molecule has 5 rings (SSSR count). The Morgan fingerprint density at radius 1 is 1.12 bits per heavy atom. The maximum atomic E-state index is 14.0. The molecule has 1 aromatic heterocycles. The molecule has 0 bridgehead atoms. The molecule has 6 nitrogen and oxygen atoms in total. The van der Waals surface area contributed by atoms with Crippen molar-refractivity contribution in [2.45, 2.75) is 88.8 Å². The van der Waals surface area contributed by atoms with Gasteiger partial charge in [0.2, 0.25) is 5.91 Å². The van der Waals surface area contributed by atoms with E-state index in [4.69, 9.17) is 0 Å². The average molecular weight is 439 g/mol. The maximum absolute atomic E-state index is 14.0. The molecule has 0 unspecified atom stereocenters. The molecule has 2 aromatic rings. The molecule has 2 aliphatic heterocycles. The van der Waals surface area contributed by atoms with Gasteiger partial charge in [0, 0.05) is 23.7 Å². The molecule has 170 valence electrons. The first-order chi connectivity index (χ1) is 15.6. The summed E-state index contributed by atoms with van der Waals surface area (Å²) in [6.07, 6.45) is 9.58. The molecule has 2 saturated heterocycles. The zero-order valence-electron chi connectivity index (χ0n) is 18.4. The second-order valence-electron chi connectivity index (χ2n) is 9.51. The summed E-state index contributed by atoms with van der Waals surface area (Å²) in [5.74, 6) is -0.254. The number of fused-ring (bicyclic) bond motifs is 2. The van der Waals surface area contributed by atoms with Crippen molar-refractivity contribution in [2.75, 3.05) is 0 Å². The summed E-state index contributed by atoms with van der Waals surface area (Å²) in [4.78, 5) is 28.3. The number of carbonyl (C=O) groups is 2. The second kappa shape index (κ2) is 9.04. The fourth-order valence-corrected chi connectivity index (χ4v) is 5.83. The Morgan fingerprint density at radius 2 is 1.97 bits per heavy atom. The van der Waals surface area contributed by atoms with Crippen molar-refractivity contribution in [3.05, 3.63) is 52.6 Å². The molecule has 3 aliphatic rings. The minimum absolute atomic E-state index is 0.0480. The number of aryl methyl sites for hydroxylation is 1. The van der Waals surface area contributed by atoms with Crippen LogP contribution in [0.4, 0.5) is 4.39 Å². The van der Waals surface area contributed by atoms with Crippen LogP contribution in [-0.2, 0) is 24.1 Å². The second-order valence-corrected chi connectivity index (χ2v) is 9.51.